The highest BCUT2D eigenvalue weighted by Gasteiger charge is 2.11. The molecule has 25 heavy (non-hydrogen) atoms. The fraction of sp³-hybridized carbons (Fsp3) is 0.412. The molecule has 0 aliphatic rings. The lowest BCUT2D eigenvalue weighted by atomic mass is 10.1. The van der Waals surface area contributed by atoms with E-state index in [-0.39, 0.29) is 5.91 Å². The van der Waals surface area contributed by atoms with E-state index < -0.39 is 0 Å². The lowest BCUT2D eigenvalue weighted by Gasteiger charge is -2.07. The first kappa shape index (κ1) is 17.5. The first-order valence-electron chi connectivity index (χ1n) is 8.34. The second-order valence-corrected chi connectivity index (χ2v) is 7.23. The lowest BCUT2D eigenvalue weighted by Crippen LogP contribution is -2.27. The third-order valence-corrected chi connectivity index (χ3v) is 4.72. The van der Waals surface area contributed by atoms with E-state index in [9.17, 15) is 4.79 Å². The minimum atomic E-state index is -0.0102. The van der Waals surface area contributed by atoms with Crippen LogP contribution < -0.4 is 5.32 Å². The quantitative estimate of drug-likeness (QED) is 0.603. The fourth-order valence-corrected chi connectivity index (χ4v) is 3.33. The van der Waals surface area contributed by atoms with Crippen LogP contribution in [0.1, 0.15) is 19.4 Å². The third kappa shape index (κ3) is 4.60. The van der Waals surface area contributed by atoms with Crippen LogP contribution in [-0.2, 0) is 17.8 Å². The van der Waals surface area contributed by atoms with Crippen molar-refractivity contribution < 1.29 is 4.79 Å². The van der Waals surface area contributed by atoms with Crippen LogP contribution >= 0.6 is 11.8 Å². The van der Waals surface area contributed by atoms with Gasteiger partial charge in [0.05, 0.1) is 5.75 Å². The summed E-state index contributed by atoms with van der Waals surface area (Å²) in [4.78, 5) is 15.3. The molecule has 1 aromatic carbocycles. The summed E-state index contributed by atoms with van der Waals surface area (Å²) < 4.78 is 1.74. The molecule has 0 saturated heterocycles. The second kappa shape index (κ2) is 8.15. The van der Waals surface area contributed by atoms with Crippen LogP contribution in [0.2, 0.25) is 0 Å². The molecule has 0 unspecified atom stereocenters. The van der Waals surface area contributed by atoms with Gasteiger partial charge in [0.2, 0.25) is 11.1 Å². The number of tetrazole rings is 1. The number of aromatic amines is 1. The van der Waals surface area contributed by atoms with Gasteiger partial charge in [0, 0.05) is 30.2 Å². The molecule has 0 saturated carbocycles. The number of nitrogens with one attached hydrogen (secondary N) is 2. The minimum Gasteiger partial charge on any atom is -0.361 e. The molecule has 1 amide bonds. The number of fused-ring (bicyclic) bond motifs is 1. The Bertz CT molecular complexity index is 840. The summed E-state index contributed by atoms with van der Waals surface area (Å²) in [7, 11) is 0. The number of para-hydroxylation sites is 1. The summed E-state index contributed by atoms with van der Waals surface area (Å²) in [6.07, 6.45) is 2.80. The van der Waals surface area contributed by atoms with E-state index in [4.69, 9.17) is 0 Å². The van der Waals surface area contributed by atoms with Crippen LogP contribution in [0.3, 0.4) is 0 Å². The first-order chi connectivity index (χ1) is 12.1. The molecule has 3 rings (SSSR count). The normalized spacial score (nSPS) is 11.3. The Morgan fingerprint density at radius 1 is 1.36 bits per heavy atom. The summed E-state index contributed by atoms with van der Waals surface area (Å²) in [5.41, 5.74) is 2.33. The average Bonchev–Trinajstić information content (AvgIpc) is 3.20. The predicted octanol–water partition coefficient (Wildman–Crippen LogP) is 2.26. The van der Waals surface area contributed by atoms with Gasteiger partial charge in [-0.3, -0.25) is 4.79 Å². The van der Waals surface area contributed by atoms with Crippen molar-refractivity contribution in [1.82, 2.24) is 30.5 Å². The van der Waals surface area contributed by atoms with Gasteiger partial charge in [0.1, 0.15) is 0 Å². The maximum atomic E-state index is 12.0. The van der Waals surface area contributed by atoms with E-state index in [1.165, 1.54) is 22.7 Å². The monoisotopic (exact) mass is 358 g/mol. The Balaban J connectivity index is 1.45. The number of benzene rings is 1. The number of hydrogen-bond donors (Lipinski definition) is 2. The smallest absolute Gasteiger partial charge is 0.230 e. The fourth-order valence-electron chi connectivity index (χ4n) is 2.62. The highest BCUT2D eigenvalue weighted by molar-refractivity contribution is 7.99. The van der Waals surface area contributed by atoms with E-state index >= 15 is 0 Å². The summed E-state index contributed by atoms with van der Waals surface area (Å²) in [6.45, 7) is 5.57. The van der Waals surface area contributed by atoms with Crippen LogP contribution in [0.15, 0.2) is 35.6 Å². The van der Waals surface area contributed by atoms with E-state index in [0.29, 0.717) is 23.4 Å². The summed E-state index contributed by atoms with van der Waals surface area (Å²) in [5, 5.41) is 16.5. The van der Waals surface area contributed by atoms with E-state index in [1.54, 1.807) is 4.68 Å². The molecule has 7 nitrogen and oxygen atoms in total. The highest BCUT2D eigenvalue weighted by atomic mass is 32.2. The van der Waals surface area contributed by atoms with Crippen LogP contribution in [0.4, 0.5) is 0 Å². The minimum absolute atomic E-state index is 0.0102. The molecule has 0 aliphatic heterocycles. The van der Waals surface area contributed by atoms with Crippen molar-refractivity contribution in [3.63, 3.8) is 0 Å². The molecule has 0 radical (unpaired) electrons. The van der Waals surface area contributed by atoms with E-state index in [1.807, 2.05) is 18.3 Å². The molecular weight excluding hydrogens is 336 g/mol. The first-order valence-corrected chi connectivity index (χ1v) is 9.32. The molecule has 2 aromatic heterocycles. The Morgan fingerprint density at radius 2 is 2.20 bits per heavy atom. The number of H-pyrrole nitrogens is 1. The van der Waals surface area contributed by atoms with Gasteiger partial charge in [-0.25, -0.2) is 4.68 Å². The molecule has 0 aliphatic carbocycles. The van der Waals surface area contributed by atoms with Crippen molar-refractivity contribution in [3.8, 4) is 0 Å². The Labute approximate surface area is 150 Å². The second-order valence-electron chi connectivity index (χ2n) is 6.29. The van der Waals surface area contributed by atoms with Crippen LogP contribution in [0.5, 0.6) is 0 Å². The SMILES string of the molecule is CC(C)Cn1nnnc1SCC(=O)NCCc1c[nH]c2ccccc12. The number of hydrogen-bond acceptors (Lipinski definition) is 5. The van der Waals surface area contributed by atoms with Gasteiger partial charge in [-0.2, -0.15) is 0 Å². The van der Waals surface area contributed by atoms with Crippen molar-refractivity contribution >= 4 is 28.6 Å². The molecule has 3 aromatic rings. The summed E-state index contributed by atoms with van der Waals surface area (Å²) in [6, 6.07) is 8.17. The highest BCUT2D eigenvalue weighted by Crippen LogP contribution is 2.18. The molecule has 2 heterocycles. The standard InChI is InChI=1S/C17H22N6OS/c1-12(2)10-23-17(20-21-22-23)25-11-16(24)18-8-7-13-9-19-15-6-4-3-5-14(13)15/h3-6,9,12,19H,7-8,10-11H2,1-2H3,(H,18,24). The zero-order valence-corrected chi connectivity index (χ0v) is 15.2. The van der Waals surface area contributed by atoms with Crippen molar-refractivity contribution in [2.24, 2.45) is 5.92 Å². The molecule has 132 valence electrons. The van der Waals surface area contributed by atoms with Gasteiger partial charge in [-0.05, 0) is 34.4 Å². The van der Waals surface area contributed by atoms with Gasteiger partial charge in [-0.1, -0.05) is 43.8 Å². The van der Waals surface area contributed by atoms with Crippen LogP contribution in [-0.4, -0.2) is 43.4 Å². The van der Waals surface area contributed by atoms with Crippen molar-refractivity contribution in [3.05, 3.63) is 36.0 Å². The molecular formula is C17H22N6OS. The third-order valence-electron chi connectivity index (χ3n) is 3.76. The Morgan fingerprint density at radius 3 is 3.04 bits per heavy atom. The van der Waals surface area contributed by atoms with Crippen LogP contribution in [0, 0.1) is 5.92 Å². The largest absolute Gasteiger partial charge is 0.361 e. The number of amides is 1. The maximum absolute atomic E-state index is 12.0. The zero-order chi connectivity index (χ0) is 17.6. The van der Waals surface area contributed by atoms with Gasteiger partial charge in [-0.15, -0.1) is 5.10 Å². The summed E-state index contributed by atoms with van der Waals surface area (Å²) >= 11 is 1.36. The van der Waals surface area contributed by atoms with Crippen molar-refractivity contribution in [1.29, 1.82) is 0 Å². The number of carbonyl (C=O) groups excluding carboxylic acids is 1. The van der Waals surface area contributed by atoms with Crippen molar-refractivity contribution in [2.45, 2.75) is 32.0 Å². The van der Waals surface area contributed by atoms with E-state index in [0.717, 1.165) is 18.5 Å². The van der Waals surface area contributed by atoms with E-state index in [2.05, 4.69) is 51.8 Å². The number of rotatable bonds is 8. The molecule has 2 N–H and O–H groups in total. The Hall–Kier alpha value is -2.35. The average molecular weight is 358 g/mol. The number of nitrogens with zero attached hydrogens (tertiary/aromatic N) is 4. The van der Waals surface area contributed by atoms with Gasteiger partial charge in [0.15, 0.2) is 0 Å². The molecule has 0 atom stereocenters. The molecule has 8 heteroatoms. The number of carbonyl (C=O) groups is 1. The molecule has 0 spiro atoms. The summed E-state index contributed by atoms with van der Waals surface area (Å²) in [5.74, 6) is 0.753. The van der Waals surface area contributed by atoms with Gasteiger partial charge in [0.25, 0.3) is 0 Å². The zero-order valence-electron chi connectivity index (χ0n) is 14.4. The predicted molar refractivity (Wildman–Crippen MR) is 98.4 cm³/mol. The molecule has 0 bridgehead atoms. The lowest BCUT2D eigenvalue weighted by molar-refractivity contribution is -0.118. The van der Waals surface area contributed by atoms with Crippen molar-refractivity contribution in [2.75, 3.05) is 12.3 Å². The van der Waals surface area contributed by atoms with Gasteiger partial charge < -0.3 is 10.3 Å². The maximum Gasteiger partial charge on any atom is 0.230 e. The molecule has 0 fully saturated rings. The number of aromatic nitrogens is 5. The topological polar surface area (TPSA) is 88.5 Å². The van der Waals surface area contributed by atoms with Crippen LogP contribution in [0.25, 0.3) is 10.9 Å². The van der Waals surface area contributed by atoms with Gasteiger partial charge >= 0.3 is 0 Å². The Kier molecular flexibility index (Phi) is 5.70. The number of thioether (sulfide) groups is 1.